The zero-order valence-corrected chi connectivity index (χ0v) is 15.8. The standard InChI is InChI=1S/C19H23N3O2S/c1-12-9-14(19(2,3)4)18(24)17(10-12)22-20-15-6-5-13(25-8-7-23)11-16(15)21-22/h5-6,9-11,23-24H,7-8H2,1-4H3. The van der Waals surface area contributed by atoms with Gasteiger partial charge < -0.3 is 10.2 Å². The number of benzene rings is 2. The van der Waals surface area contributed by atoms with E-state index in [0.29, 0.717) is 11.4 Å². The van der Waals surface area contributed by atoms with Crippen molar-refractivity contribution in [3.05, 3.63) is 41.5 Å². The second-order valence-corrected chi connectivity index (χ2v) is 8.31. The van der Waals surface area contributed by atoms with E-state index in [1.54, 1.807) is 11.8 Å². The van der Waals surface area contributed by atoms with E-state index in [4.69, 9.17) is 5.11 Å². The van der Waals surface area contributed by atoms with E-state index >= 15 is 0 Å². The van der Waals surface area contributed by atoms with Gasteiger partial charge in [0.05, 0.1) is 6.61 Å². The lowest BCUT2D eigenvalue weighted by atomic mass is 9.85. The van der Waals surface area contributed by atoms with Crippen LogP contribution in [0.5, 0.6) is 5.75 Å². The Morgan fingerprint density at radius 3 is 2.48 bits per heavy atom. The molecule has 0 aliphatic carbocycles. The summed E-state index contributed by atoms with van der Waals surface area (Å²) in [6, 6.07) is 9.74. The summed E-state index contributed by atoms with van der Waals surface area (Å²) < 4.78 is 0. The first-order valence-corrected chi connectivity index (χ1v) is 9.23. The topological polar surface area (TPSA) is 71.2 Å². The molecular weight excluding hydrogens is 334 g/mol. The number of aromatic hydroxyl groups is 1. The number of fused-ring (bicyclic) bond motifs is 1. The highest BCUT2D eigenvalue weighted by Crippen LogP contribution is 2.36. The molecule has 0 spiro atoms. The van der Waals surface area contributed by atoms with E-state index in [-0.39, 0.29) is 17.8 Å². The first-order chi connectivity index (χ1) is 11.8. The molecule has 0 aliphatic rings. The van der Waals surface area contributed by atoms with E-state index in [1.165, 1.54) is 4.80 Å². The molecule has 0 aliphatic heterocycles. The third-order valence-corrected chi connectivity index (χ3v) is 4.94. The number of aryl methyl sites for hydroxylation is 1. The molecule has 1 aromatic heterocycles. The van der Waals surface area contributed by atoms with E-state index in [9.17, 15) is 5.11 Å². The molecule has 0 saturated heterocycles. The monoisotopic (exact) mass is 357 g/mol. The Bertz CT molecular complexity index is 913. The van der Waals surface area contributed by atoms with Crippen LogP contribution in [0.3, 0.4) is 0 Å². The number of rotatable bonds is 4. The minimum atomic E-state index is -0.175. The fourth-order valence-electron chi connectivity index (χ4n) is 2.74. The second-order valence-electron chi connectivity index (χ2n) is 7.14. The lowest BCUT2D eigenvalue weighted by Gasteiger charge is -2.22. The highest BCUT2D eigenvalue weighted by Gasteiger charge is 2.22. The third kappa shape index (κ3) is 3.65. The Balaban J connectivity index is 2.09. The van der Waals surface area contributed by atoms with Crippen LogP contribution in [0.1, 0.15) is 31.9 Å². The molecule has 6 heteroatoms. The molecule has 3 rings (SSSR count). The van der Waals surface area contributed by atoms with Crippen molar-refractivity contribution in [2.45, 2.75) is 38.0 Å². The highest BCUT2D eigenvalue weighted by atomic mass is 32.2. The Morgan fingerprint density at radius 2 is 1.80 bits per heavy atom. The maximum atomic E-state index is 10.8. The van der Waals surface area contributed by atoms with Crippen molar-refractivity contribution in [1.29, 1.82) is 0 Å². The van der Waals surface area contributed by atoms with Gasteiger partial charge in [-0.1, -0.05) is 26.8 Å². The van der Waals surface area contributed by atoms with Crippen molar-refractivity contribution in [3.8, 4) is 11.4 Å². The minimum Gasteiger partial charge on any atom is -0.505 e. The van der Waals surface area contributed by atoms with Crippen molar-refractivity contribution in [3.63, 3.8) is 0 Å². The summed E-state index contributed by atoms with van der Waals surface area (Å²) in [4.78, 5) is 2.54. The van der Waals surface area contributed by atoms with Crippen LogP contribution in [0, 0.1) is 6.92 Å². The predicted molar refractivity (Wildman–Crippen MR) is 102 cm³/mol. The summed E-state index contributed by atoms with van der Waals surface area (Å²) in [6.45, 7) is 8.36. The van der Waals surface area contributed by atoms with Crippen molar-refractivity contribution in [2.75, 3.05) is 12.4 Å². The van der Waals surface area contributed by atoms with Crippen LogP contribution in [0.4, 0.5) is 0 Å². The Labute approximate surface area is 151 Å². The number of hydrogen-bond acceptors (Lipinski definition) is 5. The number of thioether (sulfide) groups is 1. The lowest BCUT2D eigenvalue weighted by Crippen LogP contribution is -2.13. The molecule has 0 fully saturated rings. The summed E-state index contributed by atoms with van der Waals surface area (Å²) in [7, 11) is 0. The Kier molecular flexibility index (Phi) is 4.75. The maximum absolute atomic E-state index is 10.8. The lowest BCUT2D eigenvalue weighted by molar-refractivity contribution is 0.322. The average Bonchev–Trinajstić information content (AvgIpc) is 2.96. The predicted octanol–water partition coefficient (Wildman–Crippen LogP) is 3.82. The van der Waals surface area contributed by atoms with Crippen molar-refractivity contribution in [1.82, 2.24) is 15.0 Å². The molecule has 0 unspecified atom stereocenters. The summed E-state index contributed by atoms with van der Waals surface area (Å²) in [6.07, 6.45) is 0. The number of aromatic nitrogens is 3. The van der Waals surface area contributed by atoms with Crippen LogP contribution in [-0.4, -0.2) is 37.6 Å². The molecule has 0 amide bonds. The van der Waals surface area contributed by atoms with E-state index < -0.39 is 0 Å². The van der Waals surface area contributed by atoms with Crippen molar-refractivity contribution >= 4 is 22.8 Å². The number of aliphatic hydroxyl groups is 1. The molecule has 25 heavy (non-hydrogen) atoms. The molecule has 0 atom stereocenters. The van der Waals surface area contributed by atoms with Gasteiger partial charge in [0.15, 0.2) is 0 Å². The summed E-state index contributed by atoms with van der Waals surface area (Å²) in [5, 5.41) is 28.8. The molecule has 132 valence electrons. The van der Waals surface area contributed by atoms with Crippen LogP contribution in [0.2, 0.25) is 0 Å². The fraction of sp³-hybridized carbons (Fsp3) is 0.368. The van der Waals surface area contributed by atoms with Gasteiger partial charge in [-0.25, -0.2) is 0 Å². The summed E-state index contributed by atoms with van der Waals surface area (Å²) >= 11 is 1.58. The van der Waals surface area contributed by atoms with Crippen LogP contribution >= 0.6 is 11.8 Å². The minimum absolute atomic E-state index is 0.141. The van der Waals surface area contributed by atoms with Gasteiger partial charge in [-0.15, -0.1) is 26.8 Å². The normalized spacial score (nSPS) is 12.0. The molecule has 2 aromatic carbocycles. The largest absolute Gasteiger partial charge is 0.505 e. The Hall–Kier alpha value is -2.05. The molecule has 5 nitrogen and oxygen atoms in total. The zero-order valence-electron chi connectivity index (χ0n) is 14.9. The van der Waals surface area contributed by atoms with E-state index in [1.807, 2.05) is 37.3 Å². The molecular formula is C19H23N3O2S. The Morgan fingerprint density at radius 1 is 1.08 bits per heavy atom. The zero-order chi connectivity index (χ0) is 18.2. The highest BCUT2D eigenvalue weighted by molar-refractivity contribution is 7.99. The van der Waals surface area contributed by atoms with Crippen LogP contribution in [0.25, 0.3) is 16.7 Å². The number of hydrogen-bond donors (Lipinski definition) is 2. The van der Waals surface area contributed by atoms with Gasteiger partial charge in [0.2, 0.25) is 0 Å². The first-order valence-electron chi connectivity index (χ1n) is 8.25. The van der Waals surface area contributed by atoms with Gasteiger partial charge in [-0.05, 0) is 42.2 Å². The van der Waals surface area contributed by atoms with Crippen molar-refractivity contribution < 1.29 is 10.2 Å². The smallest absolute Gasteiger partial charge is 0.146 e. The fourth-order valence-corrected chi connectivity index (χ4v) is 3.43. The molecule has 2 N–H and O–H groups in total. The molecule has 0 bridgehead atoms. The van der Waals surface area contributed by atoms with Gasteiger partial charge in [0, 0.05) is 16.2 Å². The number of phenols is 1. The number of nitrogens with zero attached hydrogens (tertiary/aromatic N) is 3. The molecule has 0 saturated carbocycles. The summed E-state index contributed by atoms with van der Waals surface area (Å²) in [5.74, 6) is 0.862. The molecule has 0 radical (unpaired) electrons. The number of phenolic OH excluding ortho intramolecular Hbond substituents is 1. The van der Waals surface area contributed by atoms with Crippen LogP contribution in [-0.2, 0) is 5.41 Å². The van der Waals surface area contributed by atoms with E-state index in [2.05, 4.69) is 31.0 Å². The van der Waals surface area contributed by atoms with Gasteiger partial charge in [0.1, 0.15) is 22.5 Å². The molecule has 1 heterocycles. The number of aliphatic hydroxyl groups excluding tert-OH is 1. The summed E-state index contributed by atoms with van der Waals surface area (Å²) in [5.41, 5.74) is 3.88. The maximum Gasteiger partial charge on any atom is 0.146 e. The SMILES string of the molecule is Cc1cc(-n2nc3ccc(SCCO)cc3n2)c(O)c(C(C)(C)C)c1. The van der Waals surface area contributed by atoms with E-state index in [0.717, 1.165) is 27.1 Å². The van der Waals surface area contributed by atoms with Gasteiger partial charge in [-0.2, -0.15) is 0 Å². The third-order valence-electron chi connectivity index (χ3n) is 3.97. The van der Waals surface area contributed by atoms with Crippen molar-refractivity contribution in [2.24, 2.45) is 0 Å². The van der Waals surface area contributed by atoms with Gasteiger partial charge in [0.25, 0.3) is 0 Å². The van der Waals surface area contributed by atoms with Crippen LogP contribution < -0.4 is 0 Å². The molecule has 3 aromatic rings. The second kappa shape index (κ2) is 6.69. The first kappa shape index (κ1) is 17.8. The van der Waals surface area contributed by atoms with Gasteiger partial charge >= 0.3 is 0 Å². The van der Waals surface area contributed by atoms with Gasteiger partial charge in [-0.3, -0.25) is 0 Å². The quantitative estimate of drug-likeness (QED) is 0.695. The van der Waals surface area contributed by atoms with Crippen LogP contribution in [0.15, 0.2) is 35.2 Å². The average molecular weight is 357 g/mol.